The molecule has 0 bridgehead atoms. The number of nitrogens with one attached hydrogen (secondary N) is 2. The number of hydrogen-bond acceptors (Lipinski definition) is 3. The Morgan fingerprint density at radius 2 is 2.29 bits per heavy atom. The van der Waals surface area contributed by atoms with Gasteiger partial charge in [0.15, 0.2) is 0 Å². The minimum atomic E-state index is -0.0131. The highest BCUT2D eigenvalue weighted by Gasteiger charge is 2.01. The van der Waals surface area contributed by atoms with Crippen LogP contribution in [0.3, 0.4) is 0 Å². The van der Waals surface area contributed by atoms with Crippen molar-refractivity contribution >= 4 is 5.91 Å². The Labute approximate surface area is 83.7 Å². The number of aryl methyl sites for hydroxylation is 1. The second-order valence-electron chi connectivity index (χ2n) is 3.07. The molecule has 78 valence electrons. The van der Waals surface area contributed by atoms with Crippen LogP contribution in [0.5, 0.6) is 0 Å². The third-order valence-corrected chi connectivity index (χ3v) is 1.79. The summed E-state index contributed by atoms with van der Waals surface area (Å²) in [5, 5.41) is 5.70. The Bertz CT molecular complexity index is 294. The van der Waals surface area contributed by atoms with E-state index in [2.05, 4.69) is 10.6 Å². The molecule has 4 nitrogen and oxygen atoms in total. The summed E-state index contributed by atoms with van der Waals surface area (Å²) in [6.45, 7) is 5.45. The van der Waals surface area contributed by atoms with Crippen molar-refractivity contribution in [1.82, 2.24) is 10.6 Å². The van der Waals surface area contributed by atoms with E-state index in [0.29, 0.717) is 13.1 Å². The Morgan fingerprint density at radius 3 is 2.86 bits per heavy atom. The van der Waals surface area contributed by atoms with Gasteiger partial charge in [0.1, 0.15) is 11.5 Å². The summed E-state index contributed by atoms with van der Waals surface area (Å²) in [5.41, 5.74) is 0. The standard InChI is InChI=1S/C10H16N2O2/c1-3-11-7-10(13)12-6-9-5-4-8(2)14-9/h4-5,11H,3,6-7H2,1-2H3,(H,12,13). The van der Waals surface area contributed by atoms with Crippen molar-refractivity contribution in [2.75, 3.05) is 13.1 Å². The monoisotopic (exact) mass is 196 g/mol. The van der Waals surface area contributed by atoms with Gasteiger partial charge in [0, 0.05) is 0 Å². The van der Waals surface area contributed by atoms with Gasteiger partial charge in [-0.3, -0.25) is 4.79 Å². The van der Waals surface area contributed by atoms with E-state index >= 15 is 0 Å². The van der Waals surface area contributed by atoms with Crippen LogP contribution >= 0.6 is 0 Å². The van der Waals surface area contributed by atoms with E-state index in [1.165, 1.54) is 0 Å². The second-order valence-corrected chi connectivity index (χ2v) is 3.07. The predicted octanol–water partition coefficient (Wildman–Crippen LogP) is 0.814. The first-order valence-corrected chi connectivity index (χ1v) is 4.75. The molecule has 0 saturated carbocycles. The van der Waals surface area contributed by atoms with Crippen LogP contribution in [0.4, 0.5) is 0 Å². The molecular weight excluding hydrogens is 180 g/mol. The topological polar surface area (TPSA) is 54.3 Å². The van der Waals surface area contributed by atoms with Gasteiger partial charge in [-0.15, -0.1) is 0 Å². The van der Waals surface area contributed by atoms with Gasteiger partial charge in [-0.25, -0.2) is 0 Å². The first-order chi connectivity index (χ1) is 6.72. The Hall–Kier alpha value is -1.29. The normalized spacial score (nSPS) is 10.1. The van der Waals surface area contributed by atoms with Crippen LogP contribution in [0, 0.1) is 6.92 Å². The highest BCUT2D eigenvalue weighted by molar-refractivity contribution is 5.77. The van der Waals surface area contributed by atoms with Gasteiger partial charge >= 0.3 is 0 Å². The van der Waals surface area contributed by atoms with Crippen LogP contribution in [0.2, 0.25) is 0 Å². The van der Waals surface area contributed by atoms with E-state index in [-0.39, 0.29) is 5.91 Å². The van der Waals surface area contributed by atoms with E-state index in [1.807, 2.05) is 26.0 Å². The third kappa shape index (κ3) is 3.62. The van der Waals surface area contributed by atoms with E-state index in [9.17, 15) is 4.79 Å². The quantitative estimate of drug-likeness (QED) is 0.733. The van der Waals surface area contributed by atoms with Gasteiger partial charge in [0.2, 0.25) is 5.91 Å². The van der Waals surface area contributed by atoms with Crippen molar-refractivity contribution in [1.29, 1.82) is 0 Å². The van der Waals surface area contributed by atoms with Crippen molar-refractivity contribution in [2.24, 2.45) is 0 Å². The molecule has 1 rings (SSSR count). The van der Waals surface area contributed by atoms with E-state index in [4.69, 9.17) is 4.42 Å². The van der Waals surface area contributed by atoms with Crippen LogP contribution in [-0.2, 0) is 11.3 Å². The van der Waals surface area contributed by atoms with Crippen LogP contribution in [0.15, 0.2) is 16.5 Å². The summed E-state index contributed by atoms with van der Waals surface area (Å²) in [4.78, 5) is 11.2. The van der Waals surface area contributed by atoms with Gasteiger partial charge < -0.3 is 15.1 Å². The average molecular weight is 196 g/mol. The molecule has 0 fully saturated rings. The number of hydrogen-bond donors (Lipinski definition) is 2. The molecule has 1 amide bonds. The van der Waals surface area contributed by atoms with Gasteiger partial charge in [0.05, 0.1) is 13.1 Å². The minimum Gasteiger partial charge on any atom is -0.465 e. The molecule has 4 heteroatoms. The van der Waals surface area contributed by atoms with Crippen LogP contribution in [-0.4, -0.2) is 19.0 Å². The minimum absolute atomic E-state index is 0.0131. The van der Waals surface area contributed by atoms with Crippen molar-refractivity contribution < 1.29 is 9.21 Å². The summed E-state index contributed by atoms with van der Waals surface area (Å²) >= 11 is 0. The summed E-state index contributed by atoms with van der Waals surface area (Å²) in [6, 6.07) is 3.74. The predicted molar refractivity (Wildman–Crippen MR) is 53.8 cm³/mol. The molecule has 0 atom stereocenters. The molecule has 0 aliphatic heterocycles. The molecule has 0 spiro atoms. The second kappa shape index (κ2) is 5.44. The van der Waals surface area contributed by atoms with Crippen LogP contribution < -0.4 is 10.6 Å². The first-order valence-electron chi connectivity index (χ1n) is 4.75. The highest BCUT2D eigenvalue weighted by Crippen LogP contribution is 2.04. The van der Waals surface area contributed by atoms with Crippen molar-refractivity contribution in [3.05, 3.63) is 23.7 Å². The molecule has 0 unspecified atom stereocenters. The number of carbonyl (C=O) groups is 1. The van der Waals surface area contributed by atoms with Crippen LogP contribution in [0.25, 0.3) is 0 Å². The summed E-state index contributed by atoms with van der Waals surface area (Å²) in [5.74, 6) is 1.63. The first kappa shape index (κ1) is 10.8. The maximum atomic E-state index is 11.2. The molecule has 14 heavy (non-hydrogen) atoms. The summed E-state index contributed by atoms with van der Waals surface area (Å²) in [7, 11) is 0. The number of rotatable bonds is 5. The molecule has 0 saturated heterocycles. The molecule has 0 aliphatic carbocycles. The molecular formula is C10H16N2O2. The van der Waals surface area contributed by atoms with E-state index < -0.39 is 0 Å². The lowest BCUT2D eigenvalue weighted by molar-refractivity contribution is -0.120. The fourth-order valence-corrected chi connectivity index (χ4v) is 1.07. The average Bonchev–Trinajstić information content (AvgIpc) is 2.58. The Morgan fingerprint density at radius 1 is 1.50 bits per heavy atom. The smallest absolute Gasteiger partial charge is 0.234 e. The van der Waals surface area contributed by atoms with E-state index in [1.54, 1.807) is 0 Å². The number of carbonyl (C=O) groups excluding carboxylic acids is 1. The molecule has 1 aromatic rings. The van der Waals surface area contributed by atoms with Crippen LogP contribution in [0.1, 0.15) is 18.4 Å². The zero-order chi connectivity index (χ0) is 10.4. The summed E-state index contributed by atoms with van der Waals surface area (Å²) in [6.07, 6.45) is 0. The maximum absolute atomic E-state index is 11.2. The Balaban J connectivity index is 2.23. The molecule has 0 aliphatic rings. The van der Waals surface area contributed by atoms with Crippen molar-refractivity contribution in [2.45, 2.75) is 20.4 Å². The molecule has 1 aromatic heterocycles. The lowest BCUT2D eigenvalue weighted by Gasteiger charge is -2.02. The molecule has 1 heterocycles. The third-order valence-electron chi connectivity index (χ3n) is 1.79. The van der Waals surface area contributed by atoms with Crippen molar-refractivity contribution in [3.63, 3.8) is 0 Å². The fourth-order valence-electron chi connectivity index (χ4n) is 1.07. The SMILES string of the molecule is CCNCC(=O)NCc1ccc(C)o1. The highest BCUT2D eigenvalue weighted by atomic mass is 16.3. The maximum Gasteiger partial charge on any atom is 0.234 e. The summed E-state index contributed by atoms with van der Waals surface area (Å²) < 4.78 is 5.30. The molecule has 0 aromatic carbocycles. The van der Waals surface area contributed by atoms with Gasteiger partial charge in [-0.05, 0) is 25.6 Å². The lowest BCUT2D eigenvalue weighted by Crippen LogP contribution is -2.33. The van der Waals surface area contributed by atoms with Gasteiger partial charge in [-0.1, -0.05) is 6.92 Å². The van der Waals surface area contributed by atoms with Gasteiger partial charge in [-0.2, -0.15) is 0 Å². The Kier molecular flexibility index (Phi) is 4.19. The van der Waals surface area contributed by atoms with Crippen molar-refractivity contribution in [3.8, 4) is 0 Å². The number of likely N-dealkylation sites (N-methyl/N-ethyl adjacent to an activating group) is 1. The van der Waals surface area contributed by atoms with Gasteiger partial charge in [0.25, 0.3) is 0 Å². The zero-order valence-electron chi connectivity index (χ0n) is 8.59. The molecule has 2 N–H and O–H groups in total. The largest absolute Gasteiger partial charge is 0.465 e. The fraction of sp³-hybridized carbons (Fsp3) is 0.500. The lowest BCUT2D eigenvalue weighted by atomic mass is 10.4. The number of furan rings is 1. The zero-order valence-corrected chi connectivity index (χ0v) is 8.59. The van der Waals surface area contributed by atoms with E-state index in [0.717, 1.165) is 18.1 Å². The molecule has 0 radical (unpaired) electrons. The number of amides is 1.